The molecule has 5 nitrogen and oxygen atoms in total. The van der Waals surface area contributed by atoms with Gasteiger partial charge in [-0.2, -0.15) is 0 Å². The number of carbonyl (C=O) groups is 2. The van der Waals surface area contributed by atoms with E-state index in [0.29, 0.717) is 12.8 Å². The molecule has 0 heterocycles. The summed E-state index contributed by atoms with van der Waals surface area (Å²) in [7, 11) is 1.61. The Balaban J connectivity index is 1.93. The number of benzene rings is 2. The highest BCUT2D eigenvalue weighted by atomic mass is 16.5. The number of carboxylic acid groups (broad SMARTS) is 1. The van der Waals surface area contributed by atoms with Crippen molar-refractivity contribution in [2.24, 2.45) is 0 Å². The fraction of sp³-hybridized carbons (Fsp3) is 0.263. The van der Waals surface area contributed by atoms with E-state index in [-0.39, 0.29) is 12.3 Å². The van der Waals surface area contributed by atoms with Crippen molar-refractivity contribution in [1.82, 2.24) is 5.32 Å². The van der Waals surface area contributed by atoms with Gasteiger partial charge < -0.3 is 15.2 Å². The molecule has 0 bridgehead atoms. The average Bonchev–Trinajstić information content (AvgIpc) is 2.60. The minimum atomic E-state index is -0.945. The number of amides is 1. The van der Waals surface area contributed by atoms with Gasteiger partial charge in [0.2, 0.25) is 5.91 Å². The van der Waals surface area contributed by atoms with Crippen LogP contribution in [0.15, 0.2) is 54.6 Å². The van der Waals surface area contributed by atoms with Gasteiger partial charge in [0.05, 0.1) is 19.6 Å². The van der Waals surface area contributed by atoms with E-state index in [2.05, 4.69) is 5.32 Å². The fourth-order valence-electron chi connectivity index (χ4n) is 2.43. The predicted molar refractivity (Wildman–Crippen MR) is 90.9 cm³/mol. The maximum atomic E-state index is 12.2. The minimum Gasteiger partial charge on any atom is -0.497 e. The lowest BCUT2D eigenvalue weighted by molar-refractivity contribution is -0.137. The number of methoxy groups -OCH3 is 1. The van der Waals surface area contributed by atoms with Gasteiger partial charge >= 0.3 is 5.97 Å². The lowest BCUT2D eigenvalue weighted by Gasteiger charge is -2.17. The predicted octanol–water partition coefficient (Wildman–Crippen LogP) is 2.96. The highest BCUT2D eigenvalue weighted by molar-refractivity contribution is 5.78. The van der Waals surface area contributed by atoms with E-state index in [1.165, 1.54) is 0 Å². The maximum absolute atomic E-state index is 12.2. The molecular weight excluding hydrogens is 306 g/mol. The number of carbonyl (C=O) groups excluding carboxylic acids is 1. The van der Waals surface area contributed by atoms with Gasteiger partial charge in [0, 0.05) is 6.42 Å². The van der Waals surface area contributed by atoms with E-state index in [9.17, 15) is 9.59 Å². The molecule has 0 radical (unpaired) electrons. The Morgan fingerprint density at radius 2 is 1.75 bits per heavy atom. The van der Waals surface area contributed by atoms with Crippen LogP contribution in [0.25, 0.3) is 0 Å². The number of hydrogen-bond acceptors (Lipinski definition) is 3. The Kier molecular flexibility index (Phi) is 6.37. The average molecular weight is 327 g/mol. The number of hydrogen-bond donors (Lipinski definition) is 2. The van der Waals surface area contributed by atoms with Gasteiger partial charge in [0.25, 0.3) is 0 Å². The third kappa shape index (κ3) is 5.43. The summed E-state index contributed by atoms with van der Waals surface area (Å²) in [6.45, 7) is 0. The molecule has 0 fully saturated rings. The number of rotatable bonds is 8. The van der Waals surface area contributed by atoms with Gasteiger partial charge in [-0.1, -0.05) is 42.5 Å². The Morgan fingerprint density at radius 1 is 1.08 bits per heavy atom. The highest BCUT2D eigenvalue weighted by Gasteiger charge is 2.17. The molecule has 2 rings (SSSR count). The van der Waals surface area contributed by atoms with Crippen LogP contribution in [0.5, 0.6) is 5.75 Å². The molecule has 1 unspecified atom stereocenters. The monoisotopic (exact) mass is 327 g/mol. The molecule has 0 aliphatic rings. The van der Waals surface area contributed by atoms with Gasteiger partial charge in [-0.15, -0.1) is 0 Å². The van der Waals surface area contributed by atoms with Crippen molar-refractivity contribution in [1.29, 1.82) is 0 Å². The maximum Gasteiger partial charge on any atom is 0.305 e. The van der Waals surface area contributed by atoms with Crippen LogP contribution in [0.2, 0.25) is 0 Å². The van der Waals surface area contributed by atoms with Crippen molar-refractivity contribution in [3.05, 3.63) is 65.7 Å². The Bertz CT molecular complexity index is 668. The molecule has 0 spiro atoms. The van der Waals surface area contributed by atoms with Crippen molar-refractivity contribution < 1.29 is 19.4 Å². The van der Waals surface area contributed by atoms with Crippen LogP contribution >= 0.6 is 0 Å². The normalized spacial score (nSPS) is 11.5. The van der Waals surface area contributed by atoms with Gasteiger partial charge in [-0.3, -0.25) is 9.59 Å². The van der Waals surface area contributed by atoms with Crippen LogP contribution < -0.4 is 10.1 Å². The van der Waals surface area contributed by atoms with Crippen LogP contribution in [-0.4, -0.2) is 24.1 Å². The van der Waals surface area contributed by atoms with Crippen LogP contribution in [0, 0.1) is 0 Å². The molecule has 0 saturated heterocycles. The van der Waals surface area contributed by atoms with Crippen molar-refractivity contribution in [3.8, 4) is 5.75 Å². The Hall–Kier alpha value is -2.82. The molecule has 0 aliphatic carbocycles. The topological polar surface area (TPSA) is 75.6 Å². The van der Waals surface area contributed by atoms with Crippen molar-refractivity contribution in [3.63, 3.8) is 0 Å². The quantitative estimate of drug-likeness (QED) is 0.781. The standard InChI is InChI=1S/C19H21NO4/c1-24-16-10-7-14(8-11-16)9-12-18(21)20-17(13-19(22)23)15-5-3-2-4-6-15/h2-8,10-11,17H,9,12-13H2,1H3,(H,20,21)(H,22,23). The first kappa shape index (κ1) is 17.5. The summed E-state index contributed by atoms with van der Waals surface area (Å²) in [6.07, 6.45) is 0.748. The largest absolute Gasteiger partial charge is 0.497 e. The molecule has 126 valence electrons. The molecule has 1 atom stereocenters. The number of aryl methyl sites for hydroxylation is 1. The lowest BCUT2D eigenvalue weighted by Crippen LogP contribution is -2.30. The second kappa shape index (κ2) is 8.72. The molecule has 1 amide bonds. The van der Waals surface area contributed by atoms with E-state index in [4.69, 9.17) is 9.84 Å². The molecule has 2 aromatic carbocycles. The van der Waals surface area contributed by atoms with Crippen LogP contribution in [-0.2, 0) is 16.0 Å². The Morgan fingerprint density at radius 3 is 2.33 bits per heavy atom. The van der Waals surface area contributed by atoms with Crippen molar-refractivity contribution >= 4 is 11.9 Å². The summed E-state index contributed by atoms with van der Waals surface area (Å²) in [4.78, 5) is 23.2. The molecular formula is C19H21NO4. The third-order valence-electron chi connectivity index (χ3n) is 3.72. The van der Waals surface area contributed by atoms with Crippen LogP contribution in [0.4, 0.5) is 0 Å². The summed E-state index contributed by atoms with van der Waals surface area (Å²) >= 11 is 0. The molecule has 24 heavy (non-hydrogen) atoms. The first-order chi connectivity index (χ1) is 11.6. The van der Waals surface area contributed by atoms with E-state index in [0.717, 1.165) is 16.9 Å². The van der Waals surface area contributed by atoms with E-state index >= 15 is 0 Å². The molecule has 0 aliphatic heterocycles. The van der Waals surface area contributed by atoms with Gasteiger partial charge in [0.1, 0.15) is 5.75 Å². The Labute approximate surface area is 141 Å². The van der Waals surface area contributed by atoms with Crippen molar-refractivity contribution in [2.45, 2.75) is 25.3 Å². The summed E-state index contributed by atoms with van der Waals surface area (Å²) in [5, 5.41) is 11.9. The second-order valence-corrected chi connectivity index (χ2v) is 5.48. The minimum absolute atomic E-state index is 0.141. The highest BCUT2D eigenvalue weighted by Crippen LogP contribution is 2.17. The van der Waals surface area contributed by atoms with E-state index in [1.54, 1.807) is 7.11 Å². The number of carboxylic acids is 1. The van der Waals surface area contributed by atoms with Crippen LogP contribution in [0.1, 0.15) is 30.0 Å². The lowest BCUT2D eigenvalue weighted by atomic mass is 10.0. The van der Waals surface area contributed by atoms with E-state index < -0.39 is 12.0 Å². The zero-order valence-electron chi connectivity index (χ0n) is 13.6. The summed E-state index contributed by atoms with van der Waals surface area (Å²) in [6, 6.07) is 16.2. The fourth-order valence-corrected chi connectivity index (χ4v) is 2.43. The van der Waals surface area contributed by atoms with Gasteiger partial charge in [0.15, 0.2) is 0 Å². The SMILES string of the molecule is COc1ccc(CCC(=O)NC(CC(=O)O)c2ccccc2)cc1. The molecule has 2 N–H and O–H groups in total. The first-order valence-electron chi connectivity index (χ1n) is 7.77. The summed E-state index contributed by atoms with van der Waals surface area (Å²) < 4.78 is 5.10. The molecule has 0 saturated carbocycles. The molecule has 2 aromatic rings. The molecule has 5 heteroatoms. The van der Waals surface area contributed by atoms with E-state index in [1.807, 2.05) is 54.6 Å². The number of ether oxygens (including phenoxy) is 1. The number of nitrogens with one attached hydrogen (secondary N) is 1. The summed E-state index contributed by atoms with van der Waals surface area (Å²) in [5.74, 6) is -0.339. The zero-order chi connectivity index (χ0) is 17.4. The third-order valence-corrected chi connectivity index (χ3v) is 3.72. The smallest absolute Gasteiger partial charge is 0.305 e. The zero-order valence-corrected chi connectivity index (χ0v) is 13.6. The first-order valence-corrected chi connectivity index (χ1v) is 7.77. The summed E-state index contributed by atoms with van der Waals surface area (Å²) in [5.41, 5.74) is 1.82. The molecule has 0 aromatic heterocycles. The number of aliphatic carboxylic acids is 1. The van der Waals surface area contributed by atoms with Crippen molar-refractivity contribution in [2.75, 3.05) is 7.11 Å². The second-order valence-electron chi connectivity index (χ2n) is 5.48. The van der Waals surface area contributed by atoms with Gasteiger partial charge in [-0.05, 0) is 29.7 Å². The van der Waals surface area contributed by atoms with Crippen LogP contribution in [0.3, 0.4) is 0 Å². The van der Waals surface area contributed by atoms with Gasteiger partial charge in [-0.25, -0.2) is 0 Å².